The predicted octanol–water partition coefficient (Wildman–Crippen LogP) is 1.79. The van der Waals surface area contributed by atoms with Gasteiger partial charge in [0.15, 0.2) is 17.3 Å². The number of carbonyl (C=O) groups is 3. The predicted molar refractivity (Wildman–Crippen MR) is 65.8 cm³/mol. The number of ketones is 3. The van der Waals surface area contributed by atoms with E-state index >= 15 is 0 Å². The van der Waals surface area contributed by atoms with Gasteiger partial charge in [0.05, 0.1) is 0 Å². The van der Waals surface area contributed by atoms with Gasteiger partial charge in [-0.3, -0.25) is 14.4 Å². The molecular weight excluding hydrogens is 223 g/mol. The molecule has 0 radical (unpaired) electrons. The fraction of sp³-hybridized carbons (Fsp3) is 0.250. The van der Waals surface area contributed by atoms with E-state index in [1.165, 1.54) is 20.8 Å². The van der Waals surface area contributed by atoms with Crippen molar-refractivity contribution in [3.8, 4) is 0 Å². The van der Waals surface area contributed by atoms with Crippen LogP contribution >= 0.6 is 9.24 Å². The summed E-state index contributed by atoms with van der Waals surface area (Å²) in [6.45, 7) is 4.13. The average molecular weight is 236 g/mol. The van der Waals surface area contributed by atoms with E-state index in [1.807, 2.05) is 0 Å². The van der Waals surface area contributed by atoms with Crippen LogP contribution in [0.2, 0.25) is 0 Å². The first-order chi connectivity index (χ1) is 7.36. The van der Waals surface area contributed by atoms with Gasteiger partial charge in [-0.1, -0.05) is 12.1 Å². The normalized spacial score (nSPS) is 10.0. The third-order valence-electron chi connectivity index (χ3n) is 2.32. The van der Waals surface area contributed by atoms with Crippen LogP contribution < -0.4 is 5.30 Å². The molecule has 0 spiro atoms. The molecular formula is C12H13O3P. The topological polar surface area (TPSA) is 51.2 Å². The second kappa shape index (κ2) is 4.67. The van der Waals surface area contributed by atoms with Crippen molar-refractivity contribution >= 4 is 31.9 Å². The van der Waals surface area contributed by atoms with E-state index in [9.17, 15) is 14.4 Å². The highest BCUT2D eigenvalue weighted by molar-refractivity contribution is 7.27. The van der Waals surface area contributed by atoms with Crippen molar-refractivity contribution in [2.75, 3.05) is 0 Å². The minimum atomic E-state index is -0.264. The lowest BCUT2D eigenvalue weighted by Crippen LogP contribution is -2.18. The summed E-state index contributed by atoms with van der Waals surface area (Å²) >= 11 is 0. The Kier molecular flexibility index (Phi) is 3.71. The summed E-state index contributed by atoms with van der Waals surface area (Å²) in [6.07, 6.45) is 0. The zero-order valence-electron chi connectivity index (χ0n) is 9.46. The molecule has 0 N–H and O–H groups in total. The van der Waals surface area contributed by atoms with Crippen LogP contribution in [0, 0.1) is 0 Å². The molecule has 1 aromatic rings. The molecule has 0 aromatic heterocycles. The zero-order valence-corrected chi connectivity index (χ0v) is 10.6. The molecule has 4 heteroatoms. The van der Waals surface area contributed by atoms with Gasteiger partial charge in [-0.15, -0.1) is 9.24 Å². The van der Waals surface area contributed by atoms with Gasteiger partial charge in [-0.05, 0) is 26.1 Å². The monoisotopic (exact) mass is 236 g/mol. The minimum absolute atomic E-state index is 0.210. The Morgan fingerprint density at radius 3 is 1.75 bits per heavy atom. The van der Waals surface area contributed by atoms with Crippen molar-refractivity contribution in [1.29, 1.82) is 0 Å². The van der Waals surface area contributed by atoms with E-state index in [0.29, 0.717) is 16.4 Å². The molecule has 0 aliphatic heterocycles. The lowest BCUT2D eigenvalue weighted by Gasteiger charge is -2.11. The highest BCUT2D eigenvalue weighted by Gasteiger charge is 2.20. The van der Waals surface area contributed by atoms with Gasteiger partial charge in [0, 0.05) is 16.7 Å². The molecule has 0 amide bonds. The van der Waals surface area contributed by atoms with Crippen LogP contribution in [-0.2, 0) is 0 Å². The van der Waals surface area contributed by atoms with Crippen molar-refractivity contribution in [2.24, 2.45) is 0 Å². The first-order valence-corrected chi connectivity index (χ1v) is 5.39. The van der Waals surface area contributed by atoms with Gasteiger partial charge in [0.25, 0.3) is 0 Å². The molecule has 0 bridgehead atoms. The van der Waals surface area contributed by atoms with Crippen LogP contribution in [0.3, 0.4) is 0 Å². The van der Waals surface area contributed by atoms with E-state index in [4.69, 9.17) is 0 Å². The van der Waals surface area contributed by atoms with Gasteiger partial charge in [0.1, 0.15) is 0 Å². The third kappa shape index (κ3) is 2.25. The van der Waals surface area contributed by atoms with Crippen molar-refractivity contribution in [2.45, 2.75) is 20.8 Å². The second-order valence-electron chi connectivity index (χ2n) is 3.62. The number of hydrogen-bond donors (Lipinski definition) is 0. The van der Waals surface area contributed by atoms with Gasteiger partial charge in [-0.2, -0.15) is 0 Å². The summed E-state index contributed by atoms with van der Waals surface area (Å²) in [7, 11) is 2.40. The van der Waals surface area contributed by atoms with Crippen molar-refractivity contribution < 1.29 is 14.4 Å². The Morgan fingerprint density at radius 2 is 1.38 bits per heavy atom. The molecule has 1 aromatic carbocycles. The largest absolute Gasteiger partial charge is 0.294 e. The van der Waals surface area contributed by atoms with E-state index in [1.54, 1.807) is 12.1 Å². The molecule has 0 aliphatic carbocycles. The smallest absolute Gasteiger partial charge is 0.161 e. The van der Waals surface area contributed by atoms with Crippen molar-refractivity contribution in [3.63, 3.8) is 0 Å². The van der Waals surface area contributed by atoms with Crippen LogP contribution in [0.5, 0.6) is 0 Å². The number of carbonyl (C=O) groups excluding carboxylic acids is 3. The summed E-state index contributed by atoms with van der Waals surface area (Å²) < 4.78 is 0. The third-order valence-corrected chi connectivity index (χ3v) is 2.80. The fourth-order valence-electron chi connectivity index (χ4n) is 1.66. The molecule has 0 saturated heterocycles. The maximum Gasteiger partial charge on any atom is 0.161 e. The van der Waals surface area contributed by atoms with Crippen LogP contribution in [0.4, 0.5) is 0 Å². The Bertz CT molecular complexity index is 489. The molecule has 16 heavy (non-hydrogen) atoms. The Hall–Kier alpha value is -1.34. The van der Waals surface area contributed by atoms with Crippen LogP contribution in [0.15, 0.2) is 12.1 Å². The summed E-state index contributed by atoms with van der Waals surface area (Å²) in [5.74, 6) is -0.685. The Balaban J connectivity index is 3.70. The van der Waals surface area contributed by atoms with Crippen LogP contribution in [-0.4, -0.2) is 17.3 Å². The lowest BCUT2D eigenvalue weighted by atomic mass is 9.94. The zero-order chi connectivity index (χ0) is 12.5. The van der Waals surface area contributed by atoms with Gasteiger partial charge < -0.3 is 0 Å². The number of hydrogen-bond acceptors (Lipinski definition) is 3. The van der Waals surface area contributed by atoms with Gasteiger partial charge in [0.2, 0.25) is 0 Å². The quantitative estimate of drug-likeness (QED) is 0.594. The van der Waals surface area contributed by atoms with E-state index in [-0.39, 0.29) is 22.9 Å². The van der Waals surface area contributed by atoms with E-state index < -0.39 is 0 Å². The fourth-order valence-corrected chi connectivity index (χ4v) is 2.10. The molecule has 0 fully saturated rings. The van der Waals surface area contributed by atoms with E-state index in [2.05, 4.69) is 9.24 Å². The molecule has 3 nitrogen and oxygen atoms in total. The summed E-state index contributed by atoms with van der Waals surface area (Å²) in [6, 6.07) is 3.23. The Labute approximate surface area is 96.4 Å². The highest BCUT2D eigenvalue weighted by Crippen LogP contribution is 2.17. The average Bonchev–Trinajstić information content (AvgIpc) is 2.15. The van der Waals surface area contributed by atoms with Gasteiger partial charge >= 0.3 is 0 Å². The van der Waals surface area contributed by atoms with E-state index in [0.717, 1.165) is 0 Å². The number of benzene rings is 1. The maximum atomic E-state index is 11.5. The summed E-state index contributed by atoms with van der Waals surface area (Å²) in [5.41, 5.74) is 0.863. The number of rotatable bonds is 3. The molecule has 0 heterocycles. The van der Waals surface area contributed by atoms with Crippen LogP contribution in [0.1, 0.15) is 51.8 Å². The first-order valence-electron chi connectivity index (χ1n) is 4.81. The molecule has 1 atom stereocenters. The second-order valence-corrected chi connectivity index (χ2v) is 4.24. The highest BCUT2D eigenvalue weighted by atomic mass is 31.0. The molecule has 0 aliphatic rings. The minimum Gasteiger partial charge on any atom is -0.294 e. The Morgan fingerprint density at radius 1 is 0.875 bits per heavy atom. The standard InChI is InChI=1S/C12H13O3P/c1-6(13)9-4-5-10(16)12(8(3)15)11(9)7(2)14/h4-5H,16H2,1-3H3. The SMILES string of the molecule is CC(=O)c1ccc(P)c(C(C)=O)c1C(C)=O. The van der Waals surface area contributed by atoms with Crippen LogP contribution in [0.25, 0.3) is 0 Å². The van der Waals surface area contributed by atoms with Gasteiger partial charge in [-0.25, -0.2) is 0 Å². The molecule has 1 unspecified atom stereocenters. The maximum absolute atomic E-state index is 11.5. The molecule has 0 saturated carbocycles. The summed E-state index contributed by atoms with van der Waals surface area (Å²) in [4.78, 5) is 34.4. The molecule has 84 valence electrons. The number of Topliss-reactive ketones (excluding diaryl/α,β-unsaturated/α-hetero) is 3. The van der Waals surface area contributed by atoms with Crippen molar-refractivity contribution in [3.05, 3.63) is 28.8 Å². The lowest BCUT2D eigenvalue weighted by molar-refractivity contribution is 0.0968. The summed E-state index contributed by atoms with van der Waals surface area (Å²) in [5, 5.41) is 0.641. The molecule has 1 rings (SSSR count). The first kappa shape index (κ1) is 12.7. The van der Waals surface area contributed by atoms with Crippen molar-refractivity contribution in [1.82, 2.24) is 0 Å².